The fourth-order valence-corrected chi connectivity index (χ4v) is 2.59. The van der Waals surface area contributed by atoms with Gasteiger partial charge in [-0.25, -0.2) is 0 Å². The van der Waals surface area contributed by atoms with Gasteiger partial charge in [-0.15, -0.1) is 0 Å². The van der Waals surface area contributed by atoms with Gasteiger partial charge in [-0.05, 0) is 51.3 Å². The molecule has 144 valence electrons. The second kappa shape index (κ2) is 9.89. The highest BCUT2D eigenvalue weighted by Gasteiger charge is 2.12. The molecule has 0 aliphatic heterocycles. The van der Waals surface area contributed by atoms with Gasteiger partial charge < -0.3 is 20.3 Å². The van der Waals surface area contributed by atoms with Gasteiger partial charge in [0.2, 0.25) is 0 Å². The van der Waals surface area contributed by atoms with Gasteiger partial charge in [-0.2, -0.15) is 0 Å². The molecule has 2 aromatic rings. The Labute approximate surface area is 163 Å². The number of anilines is 1. The molecule has 0 saturated heterocycles. The molecule has 8 heteroatoms. The van der Waals surface area contributed by atoms with Crippen LogP contribution in [0, 0.1) is 0 Å². The lowest BCUT2D eigenvalue weighted by atomic mass is 10.1. The Morgan fingerprint density at radius 3 is 2.48 bits per heavy atom. The number of pyridine rings is 1. The van der Waals surface area contributed by atoms with Crippen molar-refractivity contribution in [1.82, 2.24) is 15.2 Å². The topological polar surface area (TPSA) is 83.6 Å². The number of halogens is 1. The van der Waals surface area contributed by atoms with Crippen LogP contribution in [0.1, 0.15) is 27.1 Å². The van der Waals surface area contributed by atoms with E-state index in [9.17, 15) is 9.59 Å². The first-order valence-corrected chi connectivity index (χ1v) is 8.81. The van der Waals surface area contributed by atoms with Crippen LogP contribution in [0.25, 0.3) is 0 Å². The average Bonchev–Trinajstić information content (AvgIpc) is 2.65. The number of aromatic nitrogens is 1. The number of methoxy groups -OCH3 is 1. The van der Waals surface area contributed by atoms with Crippen molar-refractivity contribution in [2.24, 2.45) is 0 Å². The minimum Gasteiger partial charge on any atom is -0.495 e. The molecule has 2 rings (SSSR count). The lowest BCUT2D eigenvalue weighted by molar-refractivity contribution is 0.0952. The van der Waals surface area contributed by atoms with E-state index in [0.717, 1.165) is 13.0 Å². The van der Waals surface area contributed by atoms with Crippen LogP contribution < -0.4 is 15.4 Å². The fraction of sp³-hybridized carbons (Fsp3) is 0.316. The lowest BCUT2D eigenvalue weighted by Gasteiger charge is -2.10. The summed E-state index contributed by atoms with van der Waals surface area (Å²) in [6.07, 6.45) is 3.68. The summed E-state index contributed by atoms with van der Waals surface area (Å²) in [5, 5.41) is 5.93. The van der Waals surface area contributed by atoms with Crippen LogP contribution >= 0.6 is 11.6 Å². The van der Waals surface area contributed by atoms with Crippen molar-refractivity contribution in [3.8, 4) is 5.75 Å². The molecule has 0 bridgehead atoms. The van der Waals surface area contributed by atoms with Crippen molar-refractivity contribution in [2.45, 2.75) is 6.42 Å². The molecule has 0 atom stereocenters. The smallest absolute Gasteiger partial charge is 0.257 e. The molecule has 7 nitrogen and oxygen atoms in total. The van der Waals surface area contributed by atoms with E-state index in [0.29, 0.717) is 28.6 Å². The van der Waals surface area contributed by atoms with Crippen LogP contribution in [0.2, 0.25) is 5.02 Å². The van der Waals surface area contributed by atoms with Crippen molar-refractivity contribution in [1.29, 1.82) is 0 Å². The minimum absolute atomic E-state index is 0.261. The summed E-state index contributed by atoms with van der Waals surface area (Å²) in [6, 6.07) is 6.44. The second-order valence-corrected chi connectivity index (χ2v) is 6.59. The van der Waals surface area contributed by atoms with E-state index in [1.165, 1.54) is 25.6 Å². The molecule has 27 heavy (non-hydrogen) atoms. The summed E-state index contributed by atoms with van der Waals surface area (Å²) in [6.45, 7) is 1.43. The Bertz CT molecular complexity index is 811. The Kier molecular flexibility index (Phi) is 7.57. The molecule has 1 heterocycles. The number of nitrogens with zero attached hydrogens (tertiary/aromatic N) is 2. The molecule has 0 fully saturated rings. The predicted octanol–water partition coefficient (Wildman–Crippen LogP) is 2.68. The number of benzene rings is 1. The monoisotopic (exact) mass is 390 g/mol. The number of hydrogen-bond acceptors (Lipinski definition) is 5. The zero-order valence-electron chi connectivity index (χ0n) is 15.6. The van der Waals surface area contributed by atoms with Crippen LogP contribution in [-0.2, 0) is 0 Å². The van der Waals surface area contributed by atoms with Crippen molar-refractivity contribution in [3.63, 3.8) is 0 Å². The van der Waals surface area contributed by atoms with Crippen LogP contribution in [-0.4, -0.2) is 56.0 Å². The van der Waals surface area contributed by atoms with Crippen LogP contribution in [0.4, 0.5) is 5.69 Å². The number of rotatable bonds is 8. The number of ether oxygens (including phenoxy) is 1. The molecule has 1 aromatic heterocycles. The van der Waals surface area contributed by atoms with Crippen molar-refractivity contribution in [2.75, 3.05) is 39.6 Å². The first kappa shape index (κ1) is 20.7. The van der Waals surface area contributed by atoms with E-state index in [-0.39, 0.29) is 17.4 Å². The van der Waals surface area contributed by atoms with E-state index < -0.39 is 0 Å². The first-order valence-electron chi connectivity index (χ1n) is 8.43. The Morgan fingerprint density at radius 2 is 1.85 bits per heavy atom. The Balaban J connectivity index is 2.00. The highest BCUT2D eigenvalue weighted by Crippen LogP contribution is 2.27. The van der Waals surface area contributed by atoms with Crippen molar-refractivity contribution >= 4 is 29.1 Å². The van der Waals surface area contributed by atoms with Gasteiger partial charge in [0.05, 0.1) is 23.3 Å². The van der Waals surface area contributed by atoms with E-state index in [2.05, 4.69) is 15.6 Å². The van der Waals surface area contributed by atoms with Crippen LogP contribution in [0.3, 0.4) is 0 Å². The van der Waals surface area contributed by atoms with Gasteiger partial charge in [0.25, 0.3) is 11.8 Å². The van der Waals surface area contributed by atoms with Crippen LogP contribution in [0.5, 0.6) is 5.75 Å². The van der Waals surface area contributed by atoms with E-state index in [1.807, 2.05) is 19.0 Å². The number of nitrogens with one attached hydrogen (secondary N) is 2. The molecule has 0 radical (unpaired) electrons. The van der Waals surface area contributed by atoms with E-state index in [4.69, 9.17) is 16.3 Å². The Morgan fingerprint density at radius 1 is 1.15 bits per heavy atom. The van der Waals surface area contributed by atoms with Gasteiger partial charge in [0.15, 0.2) is 0 Å². The van der Waals surface area contributed by atoms with E-state index in [1.54, 1.807) is 18.2 Å². The maximum Gasteiger partial charge on any atom is 0.257 e. The molecule has 2 N–H and O–H groups in total. The van der Waals surface area contributed by atoms with E-state index >= 15 is 0 Å². The largest absolute Gasteiger partial charge is 0.495 e. The summed E-state index contributed by atoms with van der Waals surface area (Å²) in [4.78, 5) is 30.7. The molecule has 1 aromatic carbocycles. The SMILES string of the molecule is COc1ccc(NC(=O)c2cncc(C(=O)NCCCN(C)C)c2)cc1Cl. The highest BCUT2D eigenvalue weighted by molar-refractivity contribution is 6.32. The zero-order valence-corrected chi connectivity index (χ0v) is 16.3. The van der Waals surface area contributed by atoms with Gasteiger partial charge >= 0.3 is 0 Å². The highest BCUT2D eigenvalue weighted by atomic mass is 35.5. The lowest BCUT2D eigenvalue weighted by Crippen LogP contribution is -2.27. The summed E-state index contributed by atoms with van der Waals surface area (Å²) in [7, 11) is 5.47. The molecule has 2 amide bonds. The predicted molar refractivity (Wildman–Crippen MR) is 106 cm³/mol. The third-order valence-corrected chi connectivity index (χ3v) is 4.04. The molecule has 0 unspecified atom stereocenters. The number of hydrogen-bond donors (Lipinski definition) is 2. The summed E-state index contributed by atoms with van der Waals surface area (Å²) in [5.41, 5.74) is 1.13. The number of carbonyl (C=O) groups excluding carboxylic acids is 2. The van der Waals surface area contributed by atoms with Crippen molar-refractivity contribution < 1.29 is 14.3 Å². The molecular weight excluding hydrogens is 368 g/mol. The number of amides is 2. The minimum atomic E-state index is -0.383. The molecule has 0 saturated carbocycles. The van der Waals surface area contributed by atoms with Gasteiger partial charge in [-0.3, -0.25) is 14.6 Å². The second-order valence-electron chi connectivity index (χ2n) is 6.18. The average molecular weight is 391 g/mol. The van der Waals surface area contributed by atoms with Gasteiger partial charge in [0, 0.05) is 24.6 Å². The molecular formula is C19H23ClN4O3. The van der Waals surface area contributed by atoms with Gasteiger partial charge in [0.1, 0.15) is 5.75 Å². The molecule has 0 spiro atoms. The first-order chi connectivity index (χ1) is 12.9. The maximum atomic E-state index is 12.4. The normalized spacial score (nSPS) is 10.6. The van der Waals surface area contributed by atoms with Gasteiger partial charge in [-0.1, -0.05) is 11.6 Å². The quantitative estimate of drug-likeness (QED) is 0.677. The van der Waals surface area contributed by atoms with Crippen molar-refractivity contribution in [3.05, 3.63) is 52.8 Å². The molecule has 0 aliphatic carbocycles. The third-order valence-electron chi connectivity index (χ3n) is 3.74. The number of carbonyl (C=O) groups is 2. The standard InChI is InChI=1S/C19H23ClN4O3/c1-24(2)8-4-7-22-18(25)13-9-14(12-21-11-13)19(26)23-15-5-6-17(27-3)16(20)10-15/h5-6,9-12H,4,7-8H2,1-3H3,(H,22,25)(H,23,26). The maximum absolute atomic E-state index is 12.4. The summed E-state index contributed by atoms with van der Waals surface area (Å²) < 4.78 is 5.08. The Hall–Kier alpha value is -2.64. The summed E-state index contributed by atoms with van der Waals surface area (Å²) >= 11 is 6.06. The van der Waals surface area contributed by atoms with Crippen LogP contribution in [0.15, 0.2) is 36.7 Å². The summed E-state index contributed by atoms with van der Waals surface area (Å²) in [5.74, 6) is -0.126. The fourth-order valence-electron chi connectivity index (χ4n) is 2.33. The third kappa shape index (κ3) is 6.23. The zero-order chi connectivity index (χ0) is 19.8. The molecule has 0 aliphatic rings.